The number of hydrogen-bond donors (Lipinski definition) is 1. The smallest absolute Gasteiger partial charge is 0.248 e. The number of carbonyl (C=O) groups is 1. The number of hydrogen-bond acceptors (Lipinski definition) is 1. The van der Waals surface area contributed by atoms with Gasteiger partial charge in [0.05, 0.1) is 0 Å². The van der Waals surface area contributed by atoms with Gasteiger partial charge in [-0.05, 0) is 29.2 Å². The van der Waals surface area contributed by atoms with Crippen LogP contribution in [0.25, 0.3) is 11.1 Å². The van der Waals surface area contributed by atoms with Crippen LogP contribution in [0.1, 0.15) is 29.3 Å². The number of amides is 1. The Labute approximate surface area is 107 Å². The van der Waals surface area contributed by atoms with E-state index >= 15 is 0 Å². The van der Waals surface area contributed by atoms with Crippen LogP contribution in [0.15, 0.2) is 48.5 Å². The first kappa shape index (κ1) is 12.4. The zero-order valence-electron chi connectivity index (χ0n) is 10.5. The van der Waals surface area contributed by atoms with Crippen molar-refractivity contribution in [1.82, 2.24) is 0 Å². The van der Waals surface area contributed by atoms with Gasteiger partial charge in [0.25, 0.3) is 0 Å². The van der Waals surface area contributed by atoms with E-state index in [0.717, 1.165) is 29.5 Å². The van der Waals surface area contributed by atoms with Crippen LogP contribution in [-0.2, 0) is 6.42 Å². The Balaban J connectivity index is 2.60. The molecule has 0 aliphatic rings. The topological polar surface area (TPSA) is 43.1 Å². The molecular weight excluding hydrogens is 222 g/mol. The Hall–Kier alpha value is -2.09. The largest absolute Gasteiger partial charge is 0.366 e. The Morgan fingerprint density at radius 1 is 1.06 bits per heavy atom. The van der Waals surface area contributed by atoms with Gasteiger partial charge in [-0.2, -0.15) is 0 Å². The molecule has 0 spiro atoms. The summed E-state index contributed by atoms with van der Waals surface area (Å²) in [5, 5.41) is 0. The van der Waals surface area contributed by atoms with Crippen LogP contribution in [-0.4, -0.2) is 5.91 Å². The normalized spacial score (nSPS) is 10.3. The third-order valence-electron chi connectivity index (χ3n) is 3.03. The van der Waals surface area contributed by atoms with Gasteiger partial charge >= 0.3 is 0 Å². The van der Waals surface area contributed by atoms with E-state index in [1.807, 2.05) is 30.3 Å². The summed E-state index contributed by atoms with van der Waals surface area (Å²) in [6.45, 7) is 2.10. The molecule has 2 nitrogen and oxygen atoms in total. The number of benzene rings is 2. The molecule has 92 valence electrons. The zero-order chi connectivity index (χ0) is 13.0. The molecule has 2 aromatic rings. The van der Waals surface area contributed by atoms with Crippen molar-refractivity contribution in [2.45, 2.75) is 19.8 Å². The van der Waals surface area contributed by atoms with Gasteiger partial charge in [0.2, 0.25) is 5.91 Å². The van der Waals surface area contributed by atoms with Crippen LogP contribution in [0.2, 0.25) is 0 Å². The van der Waals surface area contributed by atoms with Gasteiger partial charge < -0.3 is 5.73 Å². The molecule has 0 saturated heterocycles. The van der Waals surface area contributed by atoms with Crippen molar-refractivity contribution >= 4 is 5.91 Å². The minimum Gasteiger partial charge on any atom is -0.366 e. The third-order valence-corrected chi connectivity index (χ3v) is 3.03. The summed E-state index contributed by atoms with van der Waals surface area (Å²) in [5.41, 5.74) is 9.38. The van der Waals surface area contributed by atoms with E-state index < -0.39 is 0 Å². The van der Waals surface area contributed by atoms with Crippen LogP contribution in [0.5, 0.6) is 0 Å². The molecule has 0 aromatic heterocycles. The van der Waals surface area contributed by atoms with Crippen molar-refractivity contribution < 1.29 is 4.79 Å². The van der Waals surface area contributed by atoms with E-state index in [0.29, 0.717) is 5.56 Å². The van der Waals surface area contributed by atoms with Gasteiger partial charge in [-0.25, -0.2) is 0 Å². The standard InChI is InChI=1S/C16H17NO/c1-2-7-14-13(12-8-4-3-5-9-12)10-6-11-15(14)16(17)18/h3-6,8-11H,2,7H2,1H3,(H2,17,18). The first-order valence-electron chi connectivity index (χ1n) is 6.21. The lowest BCUT2D eigenvalue weighted by Crippen LogP contribution is -2.14. The minimum absolute atomic E-state index is 0.351. The van der Waals surface area contributed by atoms with Gasteiger partial charge in [0, 0.05) is 5.56 Å². The van der Waals surface area contributed by atoms with E-state index in [1.165, 1.54) is 0 Å². The van der Waals surface area contributed by atoms with Gasteiger partial charge in [0.1, 0.15) is 0 Å². The molecule has 0 atom stereocenters. The Kier molecular flexibility index (Phi) is 3.78. The third kappa shape index (κ3) is 2.43. The van der Waals surface area contributed by atoms with Crippen molar-refractivity contribution in [2.75, 3.05) is 0 Å². The highest BCUT2D eigenvalue weighted by atomic mass is 16.1. The predicted molar refractivity (Wildman–Crippen MR) is 74.4 cm³/mol. The van der Waals surface area contributed by atoms with Crippen LogP contribution in [0.4, 0.5) is 0 Å². The number of carbonyl (C=O) groups excluding carboxylic acids is 1. The average Bonchev–Trinajstić information content (AvgIpc) is 2.40. The molecule has 18 heavy (non-hydrogen) atoms. The van der Waals surface area contributed by atoms with Gasteiger partial charge in [-0.15, -0.1) is 0 Å². The zero-order valence-corrected chi connectivity index (χ0v) is 10.5. The fourth-order valence-corrected chi connectivity index (χ4v) is 2.23. The van der Waals surface area contributed by atoms with Crippen LogP contribution in [0.3, 0.4) is 0 Å². The van der Waals surface area contributed by atoms with Crippen molar-refractivity contribution in [3.05, 3.63) is 59.7 Å². The molecule has 2 rings (SSSR count). The fourth-order valence-electron chi connectivity index (χ4n) is 2.23. The second-order valence-electron chi connectivity index (χ2n) is 4.31. The molecule has 0 aliphatic carbocycles. The maximum Gasteiger partial charge on any atom is 0.248 e. The summed E-state index contributed by atoms with van der Waals surface area (Å²) >= 11 is 0. The van der Waals surface area contributed by atoms with Gasteiger partial charge in [-0.1, -0.05) is 55.8 Å². The summed E-state index contributed by atoms with van der Waals surface area (Å²) in [7, 11) is 0. The molecular formula is C16H17NO. The number of rotatable bonds is 4. The molecule has 0 heterocycles. The van der Waals surface area contributed by atoms with Crippen LogP contribution in [0, 0.1) is 0 Å². The summed E-state index contributed by atoms with van der Waals surface area (Å²) in [5.74, 6) is -0.351. The molecule has 2 heteroatoms. The molecule has 2 N–H and O–H groups in total. The SMILES string of the molecule is CCCc1c(C(N)=O)cccc1-c1ccccc1. The molecule has 0 radical (unpaired) electrons. The summed E-state index contributed by atoms with van der Waals surface area (Å²) in [4.78, 5) is 11.5. The van der Waals surface area contributed by atoms with Crippen LogP contribution >= 0.6 is 0 Å². The minimum atomic E-state index is -0.351. The van der Waals surface area contributed by atoms with Crippen molar-refractivity contribution in [2.24, 2.45) is 5.73 Å². The summed E-state index contributed by atoms with van der Waals surface area (Å²) < 4.78 is 0. The van der Waals surface area contributed by atoms with Crippen molar-refractivity contribution in [1.29, 1.82) is 0 Å². The second kappa shape index (κ2) is 5.50. The van der Waals surface area contributed by atoms with Crippen LogP contribution < -0.4 is 5.73 Å². The lowest BCUT2D eigenvalue weighted by atomic mass is 9.92. The van der Waals surface area contributed by atoms with E-state index in [4.69, 9.17) is 5.73 Å². The molecule has 0 unspecified atom stereocenters. The molecule has 0 aliphatic heterocycles. The maximum atomic E-state index is 11.5. The molecule has 0 saturated carbocycles. The average molecular weight is 239 g/mol. The summed E-state index contributed by atoms with van der Waals surface area (Å²) in [6, 6.07) is 15.8. The first-order chi connectivity index (χ1) is 8.74. The Morgan fingerprint density at radius 3 is 2.39 bits per heavy atom. The molecule has 0 fully saturated rings. The van der Waals surface area contributed by atoms with Gasteiger partial charge in [0.15, 0.2) is 0 Å². The first-order valence-corrected chi connectivity index (χ1v) is 6.21. The number of primary amides is 1. The molecule has 1 amide bonds. The highest BCUT2D eigenvalue weighted by Crippen LogP contribution is 2.27. The Morgan fingerprint density at radius 2 is 1.78 bits per heavy atom. The fraction of sp³-hybridized carbons (Fsp3) is 0.188. The van der Waals surface area contributed by atoms with Crippen molar-refractivity contribution in [3.8, 4) is 11.1 Å². The van der Waals surface area contributed by atoms with Crippen molar-refractivity contribution in [3.63, 3.8) is 0 Å². The number of nitrogens with two attached hydrogens (primary N) is 1. The Bertz CT molecular complexity index is 546. The quantitative estimate of drug-likeness (QED) is 0.873. The van der Waals surface area contributed by atoms with E-state index in [1.54, 1.807) is 6.07 Å². The lowest BCUT2D eigenvalue weighted by Gasteiger charge is -2.12. The van der Waals surface area contributed by atoms with Gasteiger partial charge in [-0.3, -0.25) is 4.79 Å². The highest BCUT2D eigenvalue weighted by Gasteiger charge is 2.12. The second-order valence-corrected chi connectivity index (χ2v) is 4.31. The molecule has 2 aromatic carbocycles. The summed E-state index contributed by atoms with van der Waals surface area (Å²) in [6.07, 6.45) is 1.85. The van der Waals surface area contributed by atoms with E-state index in [-0.39, 0.29) is 5.91 Å². The maximum absolute atomic E-state index is 11.5. The lowest BCUT2D eigenvalue weighted by molar-refractivity contribution is 0.0999. The van der Waals surface area contributed by atoms with E-state index in [2.05, 4.69) is 19.1 Å². The monoisotopic (exact) mass is 239 g/mol. The highest BCUT2D eigenvalue weighted by molar-refractivity contribution is 5.96. The molecule has 0 bridgehead atoms. The van der Waals surface area contributed by atoms with E-state index in [9.17, 15) is 4.79 Å². The predicted octanol–water partition coefficient (Wildman–Crippen LogP) is 3.41.